The summed E-state index contributed by atoms with van der Waals surface area (Å²) in [4.78, 5) is 94.7. The van der Waals surface area contributed by atoms with E-state index in [9.17, 15) is 9.59 Å². The monoisotopic (exact) mass is 790 g/mol. The first-order valence-electron chi connectivity index (χ1n) is 18.6. The molecule has 6 amide bonds. The SMILES string of the molecule is COc1ccc(C(=O)[C@@H](C(=O)N2C(=O)N(C)[C@H](C)[C@@H]2c2ccccc2)[C@@H](C(=O)c2ccc(OC)c(OC)c2)C(=O)N2C(=O)N(C)[C@H](C)[C@@H]2c2ccccc2)cc1OC. The highest BCUT2D eigenvalue weighted by Gasteiger charge is 2.56. The molecular weight excluding hydrogens is 745 g/mol. The van der Waals surface area contributed by atoms with E-state index in [1.807, 2.05) is 0 Å². The maximum atomic E-state index is 15.5. The second kappa shape index (κ2) is 16.8. The van der Waals surface area contributed by atoms with Gasteiger partial charge in [-0.05, 0) is 61.4 Å². The molecule has 2 fully saturated rings. The fraction of sp³-hybridized carbons (Fsp3) is 0.318. The van der Waals surface area contributed by atoms with Gasteiger partial charge in [-0.15, -0.1) is 0 Å². The average Bonchev–Trinajstić information content (AvgIpc) is 3.62. The predicted octanol–water partition coefficient (Wildman–Crippen LogP) is 6.07. The molecule has 14 nitrogen and oxygen atoms in total. The highest BCUT2D eigenvalue weighted by Crippen LogP contribution is 2.42. The normalized spacial score (nSPS) is 20.1. The van der Waals surface area contributed by atoms with Gasteiger partial charge in [0.15, 0.2) is 34.6 Å². The van der Waals surface area contributed by atoms with Crippen molar-refractivity contribution >= 4 is 35.4 Å². The summed E-state index contributed by atoms with van der Waals surface area (Å²) in [7, 11) is 8.62. The third-order valence-electron chi connectivity index (χ3n) is 11.2. The number of hydrogen-bond acceptors (Lipinski definition) is 10. The summed E-state index contributed by atoms with van der Waals surface area (Å²) >= 11 is 0. The molecule has 14 heteroatoms. The van der Waals surface area contributed by atoms with Gasteiger partial charge in [0.05, 0.1) is 52.6 Å². The molecule has 0 bridgehead atoms. The van der Waals surface area contributed by atoms with Gasteiger partial charge in [0.1, 0.15) is 11.8 Å². The minimum Gasteiger partial charge on any atom is -0.493 e. The lowest BCUT2D eigenvalue weighted by atomic mass is 9.78. The quantitative estimate of drug-likeness (QED) is 0.115. The van der Waals surface area contributed by atoms with Crippen LogP contribution in [0, 0.1) is 11.8 Å². The molecule has 0 radical (unpaired) electrons. The number of carbonyl (C=O) groups excluding carboxylic acids is 6. The zero-order chi connectivity index (χ0) is 42.0. The largest absolute Gasteiger partial charge is 0.493 e. The maximum Gasteiger partial charge on any atom is 0.327 e. The molecule has 4 aromatic carbocycles. The van der Waals surface area contributed by atoms with Crippen LogP contribution in [-0.4, -0.2) is 110 Å². The topological polar surface area (TPSA) is 152 Å². The number of Topliss-reactive ketones (excluding diaryl/α,β-unsaturated/α-hetero) is 2. The van der Waals surface area contributed by atoms with Gasteiger partial charge in [0, 0.05) is 25.2 Å². The standard InChI is InChI=1S/C44H46N4O10/c1-25-37(27-15-11-9-12-16-27)47(43(53)45(25)3)41(51)35(39(49)29-19-21-31(55-5)33(23-29)57-7)36(40(50)30-20-22-32(56-6)34(24-30)58-8)42(52)48-38(26(2)46(4)44(48)54)28-17-13-10-14-18-28/h9-26,35-38H,1-8H3/t25-,26-,35+,36+,37-,38-/m1/s1. The molecule has 2 heterocycles. The fourth-order valence-electron chi connectivity index (χ4n) is 7.85. The highest BCUT2D eigenvalue weighted by atomic mass is 16.5. The van der Waals surface area contributed by atoms with E-state index >= 15 is 19.2 Å². The molecule has 2 aliphatic rings. The molecule has 6 rings (SSSR count). The number of amides is 6. The molecule has 302 valence electrons. The summed E-state index contributed by atoms with van der Waals surface area (Å²) in [6.45, 7) is 3.52. The Kier molecular flexibility index (Phi) is 11.9. The zero-order valence-corrected chi connectivity index (χ0v) is 33.6. The number of nitrogens with zero attached hydrogens (tertiary/aromatic N) is 4. The number of carbonyl (C=O) groups is 6. The Hall–Kier alpha value is -6.70. The van der Waals surface area contributed by atoms with Crippen molar-refractivity contribution in [3.05, 3.63) is 119 Å². The number of methoxy groups -OCH3 is 4. The number of imide groups is 2. The molecular formula is C44H46N4O10. The van der Waals surface area contributed by atoms with Crippen LogP contribution in [0.15, 0.2) is 97.1 Å². The molecule has 2 aliphatic heterocycles. The maximum absolute atomic E-state index is 15.5. The Morgan fingerprint density at radius 3 is 1.14 bits per heavy atom. The molecule has 0 unspecified atom stereocenters. The van der Waals surface area contributed by atoms with Crippen molar-refractivity contribution in [1.29, 1.82) is 0 Å². The van der Waals surface area contributed by atoms with Gasteiger partial charge >= 0.3 is 12.1 Å². The lowest BCUT2D eigenvalue weighted by Gasteiger charge is -2.33. The van der Waals surface area contributed by atoms with Crippen molar-refractivity contribution in [1.82, 2.24) is 19.6 Å². The number of likely N-dealkylation sites (N-methyl/N-ethyl adjacent to an activating group) is 2. The first-order valence-corrected chi connectivity index (χ1v) is 18.6. The first kappa shape index (κ1) is 40.9. The van der Waals surface area contributed by atoms with Gasteiger partial charge in [-0.2, -0.15) is 0 Å². The van der Waals surface area contributed by atoms with Gasteiger partial charge < -0.3 is 28.7 Å². The summed E-state index contributed by atoms with van der Waals surface area (Å²) in [6.07, 6.45) is 0. The van der Waals surface area contributed by atoms with Gasteiger partial charge in [-0.3, -0.25) is 29.0 Å². The molecule has 0 aliphatic carbocycles. The first-order chi connectivity index (χ1) is 27.8. The number of urea groups is 2. The minimum absolute atomic E-state index is 0.115. The number of hydrogen-bond donors (Lipinski definition) is 0. The fourth-order valence-corrected chi connectivity index (χ4v) is 7.85. The molecule has 58 heavy (non-hydrogen) atoms. The van der Waals surface area contributed by atoms with Crippen LogP contribution >= 0.6 is 0 Å². The summed E-state index contributed by atoms with van der Waals surface area (Å²) in [5.74, 6) is -7.68. The van der Waals surface area contributed by atoms with E-state index in [-0.39, 0.29) is 34.1 Å². The van der Waals surface area contributed by atoms with E-state index in [0.29, 0.717) is 11.1 Å². The molecule has 0 N–H and O–H groups in total. The van der Waals surface area contributed by atoms with Crippen molar-refractivity contribution in [3.8, 4) is 23.0 Å². The highest BCUT2D eigenvalue weighted by molar-refractivity contribution is 6.23. The van der Waals surface area contributed by atoms with Crippen molar-refractivity contribution < 1.29 is 47.7 Å². The molecule has 0 aromatic heterocycles. The van der Waals surface area contributed by atoms with Crippen LogP contribution in [0.2, 0.25) is 0 Å². The zero-order valence-electron chi connectivity index (χ0n) is 33.6. The Morgan fingerprint density at radius 2 is 0.828 bits per heavy atom. The Balaban J connectivity index is 1.62. The van der Waals surface area contributed by atoms with E-state index in [4.69, 9.17) is 18.9 Å². The molecule has 2 saturated heterocycles. The lowest BCUT2D eigenvalue weighted by molar-refractivity contribution is -0.141. The van der Waals surface area contributed by atoms with Crippen molar-refractivity contribution in [2.24, 2.45) is 11.8 Å². The summed E-state index contributed by atoms with van der Waals surface area (Å²) in [6, 6.07) is 21.5. The molecule has 0 saturated carbocycles. The molecule has 6 atom stereocenters. The molecule has 0 spiro atoms. The van der Waals surface area contributed by atoms with Crippen molar-refractivity contribution in [2.75, 3.05) is 42.5 Å². The van der Waals surface area contributed by atoms with Crippen molar-refractivity contribution in [3.63, 3.8) is 0 Å². The number of ether oxygens (including phenoxy) is 4. The van der Waals surface area contributed by atoms with E-state index in [1.165, 1.54) is 88.7 Å². The lowest BCUT2D eigenvalue weighted by Crippen LogP contribution is -2.53. The number of rotatable bonds is 13. The van der Waals surface area contributed by atoms with E-state index in [2.05, 4.69) is 0 Å². The molecule has 4 aromatic rings. The van der Waals surface area contributed by atoms with Crippen LogP contribution in [0.5, 0.6) is 23.0 Å². The second-order valence-corrected chi connectivity index (χ2v) is 14.2. The summed E-state index contributed by atoms with van der Waals surface area (Å²) < 4.78 is 21.8. The Labute approximate surface area is 336 Å². The van der Waals surface area contributed by atoms with Crippen LogP contribution in [-0.2, 0) is 9.59 Å². The average molecular weight is 791 g/mol. The number of benzene rings is 4. The van der Waals surface area contributed by atoms with E-state index < -0.39 is 71.4 Å². The predicted molar refractivity (Wildman–Crippen MR) is 212 cm³/mol. The third kappa shape index (κ3) is 7.10. The van der Waals surface area contributed by atoms with Gasteiger partial charge in [-0.25, -0.2) is 9.59 Å². The van der Waals surface area contributed by atoms with Crippen LogP contribution in [0.4, 0.5) is 9.59 Å². The van der Waals surface area contributed by atoms with Crippen LogP contribution in [0.1, 0.15) is 57.8 Å². The summed E-state index contributed by atoms with van der Waals surface area (Å²) in [5.41, 5.74) is 0.940. The summed E-state index contributed by atoms with van der Waals surface area (Å²) in [5, 5.41) is 0. The smallest absolute Gasteiger partial charge is 0.327 e. The van der Waals surface area contributed by atoms with Gasteiger partial charge in [0.2, 0.25) is 11.8 Å². The third-order valence-corrected chi connectivity index (χ3v) is 11.2. The van der Waals surface area contributed by atoms with Gasteiger partial charge in [0.25, 0.3) is 0 Å². The second-order valence-electron chi connectivity index (χ2n) is 14.2. The Morgan fingerprint density at radius 1 is 0.500 bits per heavy atom. The van der Waals surface area contributed by atoms with Crippen LogP contribution in [0.25, 0.3) is 0 Å². The van der Waals surface area contributed by atoms with Crippen molar-refractivity contribution in [2.45, 2.75) is 38.0 Å². The minimum atomic E-state index is -2.18. The van der Waals surface area contributed by atoms with E-state index in [1.54, 1.807) is 74.5 Å². The number of ketones is 2. The van der Waals surface area contributed by atoms with Crippen LogP contribution in [0.3, 0.4) is 0 Å². The Bertz CT molecular complexity index is 2070. The van der Waals surface area contributed by atoms with Crippen LogP contribution < -0.4 is 18.9 Å². The van der Waals surface area contributed by atoms with E-state index in [0.717, 1.165) is 9.80 Å². The van der Waals surface area contributed by atoms with Gasteiger partial charge in [-0.1, -0.05) is 60.7 Å².